The number of likely N-dealkylation sites (N-methyl/N-ethyl adjacent to an activating group) is 1. The number of carboxylic acids is 2. The Kier molecular flexibility index (Phi) is 10.1. The van der Waals surface area contributed by atoms with E-state index >= 15 is 0 Å². The maximum Gasteiger partial charge on any atom is 0.490 e. The van der Waals surface area contributed by atoms with Gasteiger partial charge in [-0.05, 0) is 38.6 Å². The fourth-order valence-corrected chi connectivity index (χ4v) is 3.65. The van der Waals surface area contributed by atoms with Gasteiger partial charge < -0.3 is 20.0 Å². The van der Waals surface area contributed by atoms with Crippen LogP contribution < -0.4 is 0 Å². The molecule has 3 aliphatic rings. The lowest BCUT2D eigenvalue weighted by atomic mass is 9.82. The summed E-state index contributed by atoms with van der Waals surface area (Å²) in [5.74, 6) is -4.42. The molecule has 3 fully saturated rings. The fourth-order valence-electron chi connectivity index (χ4n) is 3.65. The third-order valence-electron chi connectivity index (χ3n) is 5.76. The van der Waals surface area contributed by atoms with Crippen LogP contribution in [0.25, 0.3) is 0 Å². The number of carbonyl (C=O) groups is 3. The summed E-state index contributed by atoms with van der Waals surface area (Å²) in [6, 6.07) is 2.12. The molecular formula is C19H26F6N4O5. The number of piperazine rings is 1. The average molecular weight is 504 g/mol. The Balaban J connectivity index is 0.000000343. The van der Waals surface area contributed by atoms with Crippen LogP contribution in [-0.2, 0) is 14.4 Å². The van der Waals surface area contributed by atoms with E-state index < -0.39 is 24.3 Å². The summed E-state index contributed by atoms with van der Waals surface area (Å²) in [6.07, 6.45) is -5.57. The van der Waals surface area contributed by atoms with Crippen molar-refractivity contribution in [1.29, 1.82) is 5.26 Å². The van der Waals surface area contributed by atoms with Crippen LogP contribution in [0, 0.1) is 17.2 Å². The van der Waals surface area contributed by atoms with Crippen molar-refractivity contribution in [2.24, 2.45) is 5.92 Å². The second-order valence-electron chi connectivity index (χ2n) is 8.19. The first-order valence-electron chi connectivity index (χ1n) is 10.2. The molecule has 2 heterocycles. The molecule has 34 heavy (non-hydrogen) atoms. The number of carboxylic acid groups (broad SMARTS) is 2. The molecule has 0 bridgehead atoms. The fraction of sp³-hybridized carbons (Fsp3) is 0.789. The van der Waals surface area contributed by atoms with Gasteiger partial charge in [-0.2, -0.15) is 31.6 Å². The molecule has 0 unspecified atom stereocenters. The van der Waals surface area contributed by atoms with Crippen molar-refractivity contribution >= 4 is 17.8 Å². The Morgan fingerprint density at radius 1 is 1.00 bits per heavy atom. The minimum Gasteiger partial charge on any atom is -0.475 e. The SMILES string of the molecule is CN1CCN(CC#N)C(=O)C12CCN(CC1CC1)CC2.O=C(O)C(F)(F)F.O=C(O)C(F)(F)F. The van der Waals surface area contributed by atoms with E-state index in [-0.39, 0.29) is 18.0 Å². The molecule has 15 heteroatoms. The summed E-state index contributed by atoms with van der Waals surface area (Å²) in [7, 11) is 2.07. The standard InChI is InChI=1S/C15H24N4O.2C2HF3O2/c1-17-10-11-19(9-6-16)14(20)15(17)4-7-18(8-5-15)12-13-2-3-13;2*3-2(4,5)1(6)7/h13H,2-5,7-12H2,1H3;2*(H,6,7). The molecule has 0 aromatic rings. The molecule has 1 saturated carbocycles. The Morgan fingerprint density at radius 3 is 1.79 bits per heavy atom. The van der Waals surface area contributed by atoms with Crippen LogP contribution >= 0.6 is 0 Å². The van der Waals surface area contributed by atoms with Gasteiger partial charge in [-0.3, -0.25) is 9.69 Å². The van der Waals surface area contributed by atoms with Crippen LogP contribution in [0.1, 0.15) is 25.7 Å². The van der Waals surface area contributed by atoms with Crippen molar-refractivity contribution in [1.82, 2.24) is 14.7 Å². The molecule has 0 atom stereocenters. The van der Waals surface area contributed by atoms with E-state index in [9.17, 15) is 31.1 Å². The molecule has 0 aromatic carbocycles. The molecule has 2 aliphatic heterocycles. The number of aliphatic carboxylic acids is 2. The van der Waals surface area contributed by atoms with Crippen molar-refractivity contribution in [2.75, 3.05) is 46.3 Å². The second-order valence-corrected chi connectivity index (χ2v) is 8.19. The van der Waals surface area contributed by atoms with Gasteiger partial charge in [-0.25, -0.2) is 9.59 Å². The van der Waals surface area contributed by atoms with Crippen molar-refractivity contribution < 1.29 is 50.9 Å². The molecule has 9 nitrogen and oxygen atoms in total. The summed E-state index contributed by atoms with van der Waals surface area (Å²) in [6.45, 7) is 5.07. The number of hydrogen-bond donors (Lipinski definition) is 2. The third kappa shape index (κ3) is 8.64. The highest BCUT2D eigenvalue weighted by Gasteiger charge is 2.49. The largest absolute Gasteiger partial charge is 0.490 e. The zero-order valence-corrected chi connectivity index (χ0v) is 18.3. The molecule has 0 aromatic heterocycles. The number of halogens is 6. The van der Waals surface area contributed by atoms with Crippen LogP contribution in [0.15, 0.2) is 0 Å². The Labute approximate surface area is 191 Å². The van der Waals surface area contributed by atoms with E-state index in [0.717, 1.165) is 38.4 Å². The second kappa shape index (κ2) is 11.7. The zero-order valence-electron chi connectivity index (χ0n) is 18.3. The summed E-state index contributed by atoms with van der Waals surface area (Å²) in [5.41, 5.74) is -0.338. The lowest BCUT2D eigenvalue weighted by Crippen LogP contribution is -2.67. The summed E-state index contributed by atoms with van der Waals surface area (Å²) < 4.78 is 63.5. The number of likely N-dealkylation sites (tertiary alicyclic amines) is 1. The van der Waals surface area contributed by atoms with Gasteiger partial charge in [-0.15, -0.1) is 0 Å². The topological polar surface area (TPSA) is 125 Å². The first-order chi connectivity index (χ1) is 15.5. The number of hydrogen-bond acceptors (Lipinski definition) is 6. The van der Waals surface area contributed by atoms with Gasteiger partial charge in [0.25, 0.3) is 0 Å². The van der Waals surface area contributed by atoms with E-state index in [1.54, 1.807) is 4.90 Å². The number of rotatable bonds is 3. The van der Waals surface area contributed by atoms with Crippen LogP contribution in [-0.4, -0.2) is 107 Å². The predicted molar refractivity (Wildman–Crippen MR) is 103 cm³/mol. The molecule has 0 radical (unpaired) electrons. The lowest BCUT2D eigenvalue weighted by molar-refractivity contribution is -0.193. The molecule has 2 saturated heterocycles. The van der Waals surface area contributed by atoms with Gasteiger partial charge >= 0.3 is 24.3 Å². The summed E-state index contributed by atoms with van der Waals surface area (Å²) in [5, 5.41) is 23.1. The number of nitrogens with zero attached hydrogens (tertiary/aromatic N) is 4. The van der Waals surface area contributed by atoms with Crippen LogP contribution in [0.4, 0.5) is 26.3 Å². The molecule has 3 rings (SSSR count). The highest BCUT2D eigenvalue weighted by molar-refractivity contribution is 5.87. The van der Waals surface area contributed by atoms with Gasteiger partial charge in [0.05, 0.1) is 6.07 Å². The third-order valence-corrected chi connectivity index (χ3v) is 5.76. The summed E-state index contributed by atoms with van der Waals surface area (Å²) >= 11 is 0. The maximum atomic E-state index is 12.8. The van der Waals surface area contributed by atoms with Crippen LogP contribution in [0.5, 0.6) is 0 Å². The molecule has 1 spiro atoms. The van der Waals surface area contributed by atoms with Gasteiger partial charge in [0.1, 0.15) is 12.1 Å². The van der Waals surface area contributed by atoms with Crippen LogP contribution in [0.2, 0.25) is 0 Å². The summed E-state index contributed by atoms with van der Waals surface area (Å²) in [4.78, 5) is 37.1. The smallest absolute Gasteiger partial charge is 0.475 e. The molecule has 1 aliphatic carbocycles. The first kappa shape index (κ1) is 29.4. The highest BCUT2D eigenvalue weighted by Crippen LogP contribution is 2.35. The molecular weight excluding hydrogens is 478 g/mol. The van der Waals surface area contributed by atoms with Gasteiger partial charge in [0.2, 0.25) is 5.91 Å². The number of amides is 1. The molecule has 194 valence electrons. The number of alkyl halides is 6. The normalized spacial score (nSPS) is 21.0. The molecule has 1 amide bonds. The Hall–Kier alpha value is -2.60. The monoisotopic (exact) mass is 504 g/mol. The maximum absolute atomic E-state index is 12.8. The Morgan fingerprint density at radius 2 is 1.44 bits per heavy atom. The molecule has 2 N–H and O–H groups in total. The van der Waals surface area contributed by atoms with Crippen molar-refractivity contribution in [3.05, 3.63) is 0 Å². The number of nitriles is 1. The van der Waals surface area contributed by atoms with E-state index in [1.165, 1.54) is 19.4 Å². The average Bonchev–Trinajstić information content (AvgIpc) is 3.53. The Bertz CT molecular complexity index is 747. The van der Waals surface area contributed by atoms with E-state index in [2.05, 4.69) is 22.9 Å². The lowest BCUT2D eigenvalue weighted by Gasteiger charge is -2.51. The van der Waals surface area contributed by atoms with E-state index in [0.29, 0.717) is 6.54 Å². The van der Waals surface area contributed by atoms with E-state index in [1.807, 2.05) is 0 Å². The minimum atomic E-state index is -5.08. The van der Waals surface area contributed by atoms with Crippen molar-refractivity contribution in [3.8, 4) is 6.07 Å². The van der Waals surface area contributed by atoms with Crippen molar-refractivity contribution in [3.63, 3.8) is 0 Å². The van der Waals surface area contributed by atoms with Crippen LogP contribution in [0.3, 0.4) is 0 Å². The zero-order chi connectivity index (χ0) is 26.3. The van der Waals surface area contributed by atoms with Gasteiger partial charge in [0.15, 0.2) is 0 Å². The number of carbonyl (C=O) groups excluding carboxylic acids is 1. The van der Waals surface area contributed by atoms with E-state index in [4.69, 9.17) is 25.1 Å². The van der Waals surface area contributed by atoms with Gasteiger partial charge in [-0.1, -0.05) is 0 Å². The first-order valence-corrected chi connectivity index (χ1v) is 10.2. The van der Waals surface area contributed by atoms with Crippen molar-refractivity contribution in [2.45, 2.75) is 43.6 Å². The quantitative estimate of drug-likeness (QED) is 0.440. The number of piperidine rings is 1. The highest BCUT2D eigenvalue weighted by atomic mass is 19.4. The predicted octanol–water partition coefficient (Wildman–Crippen LogP) is 1.80. The van der Waals surface area contributed by atoms with Gasteiger partial charge in [0, 0.05) is 32.7 Å². The minimum absolute atomic E-state index is 0.180.